The minimum Gasteiger partial charge on any atom is -0.207 e. The normalized spacial score (nSPS) is 12.5. The molecule has 0 fully saturated rings. The molecule has 0 amide bonds. The maximum atomic E-state index is 13.7. The van der Waals surface area contributed by atoms with Crippen molar-refractivity contribution in [1.29, 1.82) is 0 Å². The second-order valence-electron chi connectivity index (χ2n) is 3.98. The van der Waals surface area contributed by atoms with Crippen LogP contribution >= 0.6 is 27.5 Å². The Labute approximate surface area is 118 Å². The molecule has 1 unspecified atom stereocenters. The first-order chi connectivity index (χ1) is 8.50. The van der Waals surface area contributed by atoms with Gasteiger partial charge in [0.05, 0.1) is 5.38 Å². The van der Waals surface area contributed by atoms with Crippen LogP contribution < -0.4 is 0 Å². The van der Waals surface area contributed by atoms with Crippen LogP contribution in [0.5, 0.6) is 0 Å². The van der Waals surface area contributed by atoms with E-state index < -0.39 is 17.0 Å². The average molecular weight is 332 g/mol. The second-order valence-corrected chi connectivity index (χ2v) is 5.27. The number of benzene rings is 2. The first-order valence-electron chi connectivity index (χ1n) is 5.34. The van der Waals surface area contributed by atoms with Crippen molar-refractivity contribution in [2.75, 3.05) is 0 Å². The maximum Gasteiger partial charge on any atom is 0.128 e. The molecule has 0 bridgehead atoms. The lowest BCUT2D eigenvalue weighted by Crippen LogP contribution is -2.00. The molecule has 0 aliphatic rings. The Hall–Kier alpha value is -0.930. The summed E-state index contributed by atoms with van der Waals surface area (Å²) < 4.78 is 27.7. The molecule has 18 heavy (non-hydrogen) atoms. The zero-order valence-electron chi connectivity index (χ0n) is 9.55. The summed E-state index contributed by atoms with van der Waals surface area (Å²) in [6, 6.07) is 8.81. The summed E-state index contributed by atoms with van der Waals surface area (Å²) >= 11 is 9.65. The molecule has 0 spiro atoms. The van der Waals surface area contributed by atoms with Crippen LogP contribution in [0.15, 0.2) is 40.9 Å². The Bertz CT molecular complexity index is 582. The van der Waals surface area contributed by atoms with Crippen molar-refractivity contribution < 1.29 is 8.78 Å². The minimum atomic E-state index is -0.710. The molecule has 0 N–H and O–H groups in total. The van der Waals surface area contributed by atoms with Crippen LogP contribution in [-0.4, -0.2) is 0 Å². The number of hydrogen-bond donors (Lipinski definition) is 0. The standard InChI is InChI=1S/C14H10BrClF2/c1-8-10(3-2-4-12(8)15)14(16)11-7-9(17)5-6-13(11)18/h2-7,14H,1H3. The highest BCUT2D eigenvalue weighted by atomic mass is 79.9. The lowest BCUT2D eigenvalue weighted by atomic mass is 9.99. The van der Waals surface area contributed by atoms with Crippen molar-refractivity contribution in [2.45, 2.75) is 12.3 Å². The molecule has 0 aliphatic heterocycles. The van der Waals surface area contributed by atoms with Crippen molar-refractivity contribution in [3.8, 4) is 0 Å². The van der Waals surface area contributed by atoms with Crippen molar-refractivity contribution in [2.24, 2.45) is 0 Å². The van der Waals surface area contributed by atoms with Crippen LogP contribution in [0.3, 0.4) is 0 Å². The van der Waals surface area contributed by atoms with E-state index in [1.165, 1.54) is 0 Å². The Balaban J connectivity index is 2.51. The molecule has 0 radical (unpaired) electrons. The predicted molar refractivity (Wildman–Crippen MR) is 72.9 cm³/mol. The third kappa shape index (κ3) is 2.57. The summed E-state index contributed by atoms with van der Waals surface area (Å²) in [5, 5.41) is -0.710. The zero-order valence-corrected chi connectivity index (χ0v) is 11.9. The van der Waals surface area contributed by atoms with Crippen molar-refractivity contribution >= 4 is 27.5 Å². The Kier molecular flexibility index (Phi) is 4.03. The molecule has 1 atom stereocenters. The van der Waals surface area contributed by atoms with Crippen molar-refractivity contribution in [1.82, 2.24) is 0 Å². The SMILES string of the molecule is Cc1c(Br)cccc1C(Cl)c1cc(F)ccc1F. The van der Waals surface area contributed by atoms with Gasteiger partial charge in [-0.05, 0) is 42.3 Å². The summed E-state index contributed by atoms with van der Waals surface area (Å²) in [6.07, 6.45) is 0. The molecule has 0 aromatic heterocycles. The first kappa shape index (κ1) is 13.5. The van der Waals surface area contributed by atoms with Gasteiger partial charge in [-0.2, -0.15) is 0 Å². The highest BCUT2D eigenvalue weighted by molar-refractivity contribution is 9.10. The number of hydrogen-bond acceptors (Lipinski definition) is 0. The molecular weight excluding hydrogens is 322 g/mol. The van der Waals surface area contributed by atoms with Gasteiger partial charge in [-0.1, -0.05) is 28.1 Å². The molecule has 0 aliphatic carbocycles. The van der Waals surface area contributed by atoms with Crippen LogP contribution in [0.2, 0.25) is 0 Å². The van der Waals surface area contributed by atoms with Crippen LogP contribution in [-0.2, 0) is 0 Å². The summed E-state index contributed by atoms with van der Waals surface area (Å²) in [7, 11) is 0. The highest BCUT2D eigenvalue weighted by Crippen LogP contribution is 2.35. The van der Waals surface area contributed by atoms with Crippen LogP contribution in [0.1, 0.15) is 22.1 Å². The largest absolute Gasteiger partial charge is 0.207 e. The van der Waals surface area contributed by atoms with Crippen molar-refractivity contribution in [3.05, 3.63) is 69.2 Å². The van der Waals surface area contributed by atoms with Gasteiger partial charge in [-0.3, -0.25) is 0 Å². The Morgan fingerprint density at radius 2 is 1.83 bits per heavy atom. The van der Waals surface area contributed by atoms with Gasteiger partial charge < -0.3 is 0 Å². The molecule has 0 saturated heterocycles. The molecule has 2 aromatic carbocycles. The van der Waals surface area contributed by atoms with E-state index in [1.807, 2.05) is 25.1 Å². The fraction of sp³-hybridized carbons (Fsp3) is 0.143. The number of halogens is 4. The van der Waals surface area contributed by atoms with E-state index in [0.717, 1.165) is 33.8 Å². The zero-order chi connectivity index (χ0) is 13.3. The molecular formula is C14H10BrClF2. The monoisotopic (exact) mass is 330 g/mol. The topological polar surface area (TPSA) is 0 Å². The molecule has 0 heterocycles. The van der Waals surface area contributed by atoms with E-state index in [9.17, 15) is 8.78 Å². The highest BCUT2D eigenvalue weighted by Gasteiger charge is 2.18. The van der Waals surface area contributed by atoms with Crippen LogP contribution in [0, 0.1) is 18.6 Å². The predicted octanol–water partition coefficient (Wildman–Crippen LogP) is 5.36. The number of alkyl halides is 1. The van der Waals surface area contributed by atoms with E-state index in [4.69, 9.17) is 11.6 Å². The lowest BCUT2D eigenvalue weighted by Gasteiger charge is -2.15. The van der Waals surface area contributed by atoms with E-state index in [0.29, 0.717) is 0 Å². The second kappa shape index (κ2) is 5.37. The van der Waals surface area contributed by atoms with Crippen LogP contribution in [0.25, 0.3) is 0 Å². The van der Waals surface area contributed by atoms with Gasteiger partial charge in [0.25, 0.3) is 0 Å². The van der Waals surface area contributed by atoms with Gasteiger partial charge in [0.15, 0.2) is 0 Å². The molecule has 2 aromatic rings. The molecule has 94 valence electrons. The average Bonchev–Trinajstić information content (AvgIpc) is 2.35. The smallest absolute Gasteiger partial charge is 0.128 e. The minimum absolute atomic E-state index is 0.151. The molecule has 2 rings (SSSR count). The first-order valence-corrected chi connectivity index (χ1v) is 6.57. The van der Waals surface area contributed by atoms with E-state index in [1.54, 1.807) is 0 Å². The third-order valence-electron chi connectivity index (χ3n) is 2.81. The summed E-state index contributed by atoms with van der Waals surface area (Å²) in [4.78, 5) is 0. The third-order valence-corrected chi connectivity index (χ3v) is 4.14. The van der Waals surface area contributed by atoms with Gasteiger partial charge in [0.1, 0.15) is 11.6 Å². The molecule has 0 nitrogen and oxygen atoms in total. The van der Waals surface area contributed by atoms with Gasteiger partial charge >= 0.3 is 0 Å². The lowest BCUT2D eigenvalue weighted by molar-refractivity contribution is 0.587. The van der Waals surface area contributed by atoms with Gasteiger partial charge in [-0.15, -0.1) is 11.6 Å². The summed E-state index contributed by atoms with van der Waals surface area (Å²) in [5.74, 6) is -1.000. The maximum absolute atomic E-state index is 13.7. The summed E-state index contributed by atoms with van der Waals surface area (Å²) in [6.45, 7) is 1.88. The molecule has 4 heteroatoms. The van der Waals surface area contributed by atoms with Crippen molar-refractivity contribution in [3.63, 3.8) is 0 Å². The van der Waals surface area contributed by atoms with Gasteiger partial charge in [0.2, 0.25) is 0 Å². The fourth-order valence-corrected chi connectivity index (χ4v) is 2.56. The quantitative estimate of drug-likeness (QED) is 0.650. The Morgan fingerprint density at radius 3 is 2.56 bits per heavy atom. The van der Waals surface area contributed by atoms with Crippen LogP contribution in [0.4, 0.5) is 8.78 Å². The number of rotatable bonds is 2. The summed E-state index contributed by atoms with van der Waals surface area (Å²) in [5.41, 5.74) is 1.83. The van der Waals surface area contributed by atoms with E-state index >= 15 is 0 Å². The fourth-order valence-electron chi connectivity index (χ4n) is 1.78. The van der Waals surface area contributed by atoms with Gasteiger partial charge in [0, 0.05) is 10.0 Å². The van der Waals surface area contributed by atoms with E-state index in [-0.39, 0.29) is 5.56 Å². The Morgan fingerprint density at radius 1 is 1.11 bits per heavy atom. The molecule has 0 saturated carbocycles. The van der Waals surface area contributed by atoms with Gasteiger partial charge in [-0.25, -0.2) is 8.78 Å². The van der Waals surface area contributed by atoms with E-state index in [2.05, 4.69) is 15.9 Å².